The lowest BCUT2D eigenvalue weighted by Crippen LogP contribution is -2.50. The minimum absolute atomic E-state index is 0.0380. The zero-order chi connectivity index (χ0) is 17.7. The number of hydrogen-bond acceptors (Lipinski definition) is 4. The Hall–Kier alpha value is -2.58. The fourth-order valence-electron chi connectivity index (χ4n) is 2.57. The number of carbonyl (C=O) groups is 2. The van der Waals surface area contributed by atoms with Crippen molar-refractivity contribution in [3.63, 3.8) is 0 Å². The number of methoxy groups -OCH3 is 2. The van der Waals surface area contributed by atoms with Crippen molar-refractivity contribution < 1.29 is 27.8 Å². The van der Waals surface area contributed by atoms with Crippen molar-refractivity contribution in [2.24, 2.45) is 0 Å². The summed E-state index contributed by atoms with van der Waals surface area (Å²) in [5, 5.41) is 5.03. The zero-order valence-corrected chi connectivity index (χ0v) is 13.4. The number of amides is 3. The number of urea groups is 1. The van der Waals surface area contributed by atoms with Crippen molar-refractivity contribution >= 4 is 17.8 Å². The second kappa shape index (κ2) is 7.80. The molecule has 0 aromatic heterocycles. The van der Waals surface area contributed by atoms with Gasteiger partial charge in [0.25, 0.3) is 0 Å². The second-order valence-corrected chi connectivity index (χ2v) is 5.33. The Morgan fingerprint density at radius 1 is 1.25 bits per heavy atom. The summed E-state index contributed by atoms with van der Waals surface area (Å²) in [6.45, 7) is 0.868. The van der Waals surface area contributed by atoms with Crippen LogP contribution in [-0.2, 0) is 4.74 Å². The van der Waals surface area contributed by atoms with E-state index in [1.165, 1.54) is 12.0 Å². The molecule has 0 radical (unpaired) electrons. The van der Waals surface area contributed by atoms with Gasteiger partial charge in [0.05, 0.1) is 14.2 Å². The summed E-state index contributed by atoms with van der Waals surface area (Å²) in [6.07, 6.45) is 0.944. The molecule has 3 amide bonds. The Balaban J connectivity index is 1.95. The molecule has 132 valence electrons. The molecule has 1 heterocycles. The van der Waals surface area contributed by atoms with Crippen molar-refractivity contribution in [2.75, 3.05) is 32.6 Å². The summed E-state index contributed by atoms with van der Waals surface area (Å²) < 4.78 is 36.4. The van der Waals surface area contributed by atoms with Gasteiger partial charge < -0.3 is 25.0 Å². The van der Waals surface area contributed by atoms with Crippen LogP contribution in [0.4, 0.5) is 24.1 Å². The number of benzene rings is 1. The third-order valence-electron chi connectivity index (χ3n) is 3.65. The number of halogens is 2. The lowest BCUT2D eigenvalue weighted by molar-refractivity contribution is 0.108. The molecular formula is C15H19F2N3O4. The third kappa shape index (κ3) is 4.24. The topological polar surface area (TPSA) is 79.9 Å². The molecule has 0 saturated carbocycles. The Labute approximate surface area is 137 Å². The van der Waals surface area contributed by atoms with Gasteiger partial charge >= 0.3 is 12.1 Å². The van der Waals surface area contributed by atoms with Gasteiger partial charge in [-0.05, 0) is 12.8 Å². The van der Waals surface area contributed by atoms with Crippen molar-refractivity contribution in [3.8, 4) is 5.75 Å². The minimum Gasteiger partial charge on any atom is -0.491 e. The summed E-state index contributed by atoms with van der Waals surface area (Å²) in [4.78, 5) is 25.0. The highest BCUT2D eigenvalue weighted by molar-refractivity contribution is 5.89. The van der Waals surface area contributed by atoms with Gasteiger partial charge in [-0.25, -0.2) is 18.4 Å². The van der Waals surface area contributed by atoms with Crippen LogP contribution in [0.25, 0.3) is 0 Å². The van der Waals surface area contributed by atoms with Crippen LogP contribution in [-0.4, -0.2) is 50.4 Å². The number of anilines is 1. The van der Waals surface area contributed by atoms with E-state index >= 15 is 0 Å². The molecule has 1 aromatic carbocycles. The highest BCUT2D eigenvalue weighted by atomic mass is 19.1. The summed E-state index contributed by atoms with van der Waals surface area (Å²) in [5.74, 6) is -2.34. The molecule has 1 saturated heterocycles. The molecule has 1 aliphatic heterocycles. The van der Waals surface area contributed by atoms with Crippen LogP contribution in [0, 0.1) is 11.6 Å². The standard InChI is InChI=1S/C15H19F2N3O4/c1-23-13-11(16)6-10(7-12(13)17)19-14(21)18-9-4-3-5-20(8-9)15(22)24-2/h6-7,9H,3-5,8H2,1-2H3,(H2,18,19,21). The number of nitrogens with zero attached hydrogens (tertiary/aromatic N) is 1. The Kier molecular flexibility index (Phi) is 5.78. The molecule has 2 N–H and O–H groups in total. The van der Waals surface area contributed by atoms with Crippen LogP contribution < -0.4 is 15.4 Å². The van der Waals surface area contributed by atoms with Gasteiger partial charge in [0.15, 0.2) is 17.4 Å². The van der Waals surface area contributed by atoms with Crippen molar-refractivity contribution in [2.45, 2.75) is 18.9 Å². The van der Waals surface area contributed by atoms with Crippen LogP contribution in [0.15, 0.2) is 12.1 Å². The summed E-state index contributed by atoms with van der Waals surface area (Å²) >= 11 is 0. The third-order valence-corrected chi connectivity index (χ3v) is 3.65. The number of nitrogens with one attached hydrogen (secondary N) is 2. The highest BCUT2D eigenvalue weighted by Gasteiger charge is 2.25. The first-order chi connectivity index (χ1) is 11.4. The van der Waals surface area contributed by atoms with E-state index in [0.29, 0.717) is 25.9 Å². The van der Waals surface area contributed by atoms with Crippen LogP contribution >= 0.6 is 0 Å². The van der Waals surface area contributed by atoms with Gasteiger partial charge in [0.2, 0.25) is 0 Å². The predicted molar refractivity (Wildman–Crippen MR) is 82.1 cm³/mol. The van der Waals surface area contributed by atoms with Gasteiger partial charge in [0, 0.05) is 37.0 Å². The first kappa shape index (κ1) is 17.8. The average molecular weight is 343 g/mol. The van der Waals surface area contributed by atoms with Gasteiger partial charge in [-0.3, -0.25) is 0 Å². The van der Waals surface area contributed by atoms with Gasteiger partial charge in [-0.2, -0.15) is 0 Å². The molecule has 1 atom stereocenters. The van der Waals surface area contributed by atoms with E-state index in [4.69, 9.17) is 0 Å². The zero-order valence-electron chi connectivity index (χ0n) is 13.4. The molecular weight excluding hydrogens is 324 g/mol. The Morgan fingerprint density at radius 2 is 1.92 bits per heavy atom. The van der Waals surface area contributed by atoms with E-state index in [9.17, 15) is 18.4 Å². The quantitative estimate of drug-likeness (QED) is 0.883. The monoisotopic (exact) mass is 343 g/mol. The largest absolute Gasteiger partial charge is 0.491 e. The maximum absolute atomic E-state index is 13.6. The number of likely N-dealkylation sites (tertiary alicyclic amines) is 1. The Morgan fingerprint density at radius 3 is 2.50 bits per heavy atom. The molecule has 24 heavy (non-hydrogen) atoms. The normalized spacial score (nSPS) is 17.2. The smallest absolute Gasteiger partial charge is 0.409 e. The van der Waals surface area contributed by atoms with E-state index in [1.807, 2.05) is 0 Å². The first-order valence-corrected chi connectivity index (χ1v) is 7.38. The molecule has 2 rings (SSSR count). The van der Waals surface area contributed by atoms with Crippen molar-refractivity contribution in [1.82, 2.24) is 10.2 Å². The van der Waals surface area contributed by atoms with E-state index in [-0.39, 0.29) is 11.7 Å². The van der Waals surface area contributed by atoms with E-state index in [0.717, 1.165) is 19.2 Å². The summed E-state index contributed by atoms with van der Waals surface area (Å²) in [6, 6.07) is 1.04. The molecule has 0 spiro atoms. The summed E-state index contributed by atoms with van der Waals surface area (Å²) in [5.41, 5.74) is -0.0380. The van der Waals surface area contributed by atoms with Crippen LogP contribution in [0.5, 0.6) is 5.75 Å². The number of hydrogen-bond donors (Lipinski definition) is 2. The van der Waals surface area contributed by atoms with Gasteiger partial charge in [0.1, 0.15) is 0 Å². The molecule has 1 aliphatic rings. The highest BCUT2D eigenvalue weighted by Crippen LogP contribution is 2.25. The van der Waals surface area contributed by atoms with E-state index in [1.54, 1.807) is 0 Å². The lowest BCUT2D eigenvalue weighted by atomic mass is 10.1. The average Bonchev–Trinajstić information content (AvgIpc) is 2.54. The molecule has 1 aromatic rings. The Bertz CT molecular complexity index is 604. The maximum Gasteiger partial charge on any atom is 0.409 e. The van der Waals surface area contributed by atoms with E-state index < -0.39 is 29.5 Å². The summed E-state index contributed by atoms with van der Waals surface area (Å²) in [7, 11) is 2.44. The lowest BCUT2D eigenvalue weighted by Gasteiger charge is -2.32. The number of carbonyl (C=O) groups excluding carboxylic acids is 2. The molecule has 9 heteroatoms. The molecule has 0 aliphatic carbocycles. The first-order valence-electron chi connectivity index (χ1n) is 7.38. The van der Waals surface area contributed by atoms with E-state index in [2.05, 4.69) is 20.1 Å². The number of rotatable bonds is 3. The number of piperidine rings is 1. The molecule has 1 unspecified atom stereocenters. The fourth-order valence-corrected chi connectivity index (χ4v) is 2.57. The maximum atomic E-state index is 13.6. The molecule has 0 bridgehead atoms. The SMILES string of the molecule is COC(=O)N1CCCC(NC(=O)Nc2cc(F)c(OC)c(F)c2)C1. The second-order valence-electron chi connectivity index (χ2n) is 5.33. The van der Waals surface area contributed by atoms with Crippen LogP contribution in [0.2, 0.25) is 0 Å². The minimum atomic E-state index is -0.915. The van der Waals surface area contributed by atoms with Crippen LogP contribution in [0.3, 0.4) is 0 Å². The predicted octanol–water partition coefficient (Wildman–Crippen LogP) is 2.33. The molecule has 1 fully saturated rings. The van der Waals surface area contributed by atoms with Gasteiger partial charge in [-0.15, -0.1) is 0 Å². The fraction of sp³-hybridized carbons (Fsp3) is 0.467. The van der Waals surface area contributed by atoms with Crippen molar-refractivity contribution in [3.05, 3.63) is 23.8 Å². The van der Waals surface area contributed by atoms with Crippen molar-refractivity contribution in [1.29, 1.82) is 0 Å². The number of ether oxygens (including phenoxy) is 2. The molecule has 7 nitrogen and oxygen atoms in total. The van der Waals surface area contributed by atoms with Gasteiger partial charge in [-0.1, -0.05) is 0 Å². The van der Waals surface area contributed by atoms with Crippen LogP contribution in [0.1, 0.15) is 12.8 Å².